The van der Waals surface area contributed by atoms with Crippen LogP contribution < -0.4 is 10.6 Å². The van der Waals surface area contributed by atoms with E-state index in [1.807, 2.05) is 0 Å². The Hall–Kier alpha value is -1.30. The minimum Gasteiger partial charge on any atom is -0.481 e. The molecule has 20 heavy (non-hydrogen) atoms. The van der Waals surface area contributed by atoms with Gasteiger partial charge in [-0.05, 0) is 32.2 Å². The number of hydrogen-bond acceptors (Lipinski definition) is 3. The Morgan fingerprint density at radius 2 is 2.10 bits per heavy atom. The Morgan fingerprint density at radius 3 is 2.85 bits per heavy atom. The first-order valence-electron chi connectivity index (χ1n) is 7.59. The molecule has 2 amide bonds. The van der Waals surface area contributed by atoms with Crippen molar-refractivity contribution in [2.24, 2.45) is 5.92 Å². The number of aliphatic carboxylic acids is 1. The van der Waals surface area contributed by atoms with E-state index in [-0.39, 0.29) is 12.1 Å². The first-order valence-corrected chi connectivity index (χ1v) is 7.59. The normalized spacial score (nSPS) is 27.6. The Balaban J connectivity index is 1.68. The molecule has 0 bridgehead atoms. The molecule has 2 aliphatic heterocycles. The predicted molar refractivity (Wildman–Crippen MR) is 75.6 cm³/mol. The summed E-state index contributed by atoms with van der Waals surface area (Å²) in [7, 11) is 0. The number of carbonyl (C=O) groups excluding carboxylic acids is 1. The van der Waals surface area contributed by atoms with Crippen molar-refractivity contribution in [1.29, 1.82) is 0 Å². The van der Waals surface area contributed by atoms with Crippen LogP contribution in [0.1, 0.15) is 39.0 Å². The second-order valence-electron chi connectivity index (χ2n) is 5.92. The summed E-state index contributed by atoms with van der Waals surface area (Å²) in [5.74, 6) is -1.24. The van der Waals surface area contributed by atoms with Crippen LogP contribution in [0, 0.1) is 5.92 Å². The zero-order valence-corrected chi connectivity index (χ0v) is 12.1. The Labute approximate surface area is 119 Å². The molecular weight excluding hydrogens is 258 g/mol. The van der Waals surface area contributed by atoms with Crippen LogP contribution in [-0.4, -0.2) is 53.7 Å². The van der Waals surface area contributed by atoms with Gasteiger partial charge in [0.05, 0.1) is 5.92 Å². The summed E-state index contributed by atoms with van der Waals surface area (Å²) in [6, 6.07) is 0.569. The second kappa shape index (κ2) is 6.92. The van der Waals surface area contributed by atoms with Crippen LogP contribution in [0.3, 0.4) is 0 Å². The first-order chi connectivity index (χ1) is 9.58. The molecule has 3 N–H and O–H groups in total. The molecule has 2 rings (SSSR count). The highest BCUT2D eigenvalue weighted by Crippen LogP contribution is 2.26. The summed E-state index contributed by atoms with van der Waals surface area (Å²) in [5.41, 5.74) is 0. The fourth-order valence-corrected chi connectivity index (χ4v) is 3.16. The van der Waals surface area contributed by atoms with Crippen molar-refractivity contribution in [2.75, 3.05) is 19.6 Å². The van der Waals surface area contributed by atoms with Gasteiger partial charge in [0.25, 0.3) is 0 Å². The van der Waals surface area contributed by atoms with Crippen LogP contribution in [0.5, 0.6) is 0 Å². The summed E-state index contributed by atoms with van der Waals surface area (Å²) in [5, 5.41) is 14.6. The molecule has 2 fully saturated rings. The molecule has 114 valence electrons. The minimum atomic E-state index is -0.819. The van der Waals surface area contributed by atoms with Crippen LogP contribution in [0.25, 0.3) is 0 Å². The summed E-state index contributed by atoms with van der Waals surface area (Å²) in [6.07, 6.45) is 5.16. The Bertz CT molecular complexity index is 362. The van der Waals surface area contributed by atoms with E-state index in [2.05, 4.69) is 15.5 Å². The highest BCUT2D eigenvalue weighted by Gasteiger charge is 2.36. The summed E-state index contributed by atoms with van der Waals surface area (Å²) in [6.45, 7) is 4.28. The maximum Gasteiger partial charge on any atom is 0.315 e. The molecule has 2 aliphatic rings. The number of carboxylic acids is 1. The lowest BCUT2D eigenvalue weighted by Gasteiger charge is -2.32. The van der Waals surface area contributed by atoms with E-state index >= 15 is 0 Å². The number of carboxylic acid groups (broad SMARTS) is 1. The molecule has 3 unspecified atom stereocenters. The largest absolute Gasteiger partial charge is 0.481 e. The summed E-state index contributed by atoms with van der Waals surface area (Å²) in [4.78, 5) is 25.0. The minimum absolute atomic E-state index is 0.167. The van der Waals surface area contributed by atoms with E-state index in [9.17, 15) is 9.59 Å². The van der Waals surface area contributed by atoms with Gasteiger partial charge in [0.1, 0.15) is 0 Å². The van der Waals surface area contributed by atoms with Gasteiger partial charge in [-0.2, -0.15) is 0 Å². The topological polar surface area (TPSA) is 81.7 Å². The highest BCUT2D eigenvalue weighted by atomic mass is 16.4. The van der Waals surface area contributed by atoms with Crippen LogP contribution in [0.15, 0.2) is 0 Å². The maximum absolute atomic E-state index is 11.8. The van der Waals surface area contributed by atoms with Crippen molar-refractivity contribution in [1.82, 2.24) is 15.5 Å². The van der Waals surface area contributed by atoms with Gasteiger partial charge in [-0.1, -0.05) is 13.3 Å². The third kappa shape index (κ3) is 3.85. The predicted octanol–water partition coefficient (Wildman–Crippen LogP) is 1.02. The number of nitrogens with zero attached hydrogens (tertiary/aromatic N) is 1. The second-order valence-corrected chi connectivity index (χ2v) is 5.92. The SMILES string of the molecule is CC(CCNC(=O)NC1CCN2CCCCC12)C(=O)O. The van der Waals surface area contributed by atoms with Crippen molar-refractivity contribution in [3.05, 3.63) is 0 Å². The molecule has 0 aliphatic carbocycles. The summed E-state index contributed by atoms with van der Waals surface area (Å²) < 4.78 is 0. The van der Waals surface area contributed by atoms with E-state index in [1.165, 1.54) is 19.3 Å². The van der Waals surface area contributed by atoms with Gasteiger partial charge < -0.3 is 15.7 Å². The summed E-state index contributed by atoms with van der Waals surface area (Å²) >= 11 is 0. The van der Waals surface area contributed by atoms with Crippen molar-refractivity contribution in [2.45, 2.75) is 51.1 Å². The number of piperidine rings is 1. The monoisotopic (exact) mass is 283 g/mol. The van der Waals surface area contributed by atoms with Crippen molar-refractivity contribution >= 4 is 12.0 Å². The average Bonchev–Trinajstić information content (AvgIpc) is 2.82. The molecule has 0 aromatic carbocycles. The van der Waals surface area contributed by atoms with Gasteiger partial charge in [0, 0.05) is 25.2 Å². The van der Waals surface area contributed by atoms with E-state index < -0.39 is 11.9 Å². The van der Waals surface area contributed by atoms with Crippen LogP contribution in [0.4, 0.5) is 4.79 Å². The Kier molecular flexibility index (Phi) is 5.23. The first kappa shape index (κ1) is 15.1. The zero-order valence-electron chi connectivity index (χ0n) is 12.1. The molecule has 2 saturated heterocycles. The van der Waals surface area contributed by atoms with E-state index in [0.717, 1.165) is 19.5 Å². The smallest absolute Gasteiger partial charge is 0.315 e. The van der Waals surface area contributed by atoms with Gasteiger partial charge in [0.15, 0.2) is 0 Å². The van der Waals surface area contributed by atoms with E-state index in [4.69, 9.17) is 5.11 Å². The molecule has 6 nitrogen and oxygen atoms in total. The number of carbonyl (C=O) groups is 2. The number of rotatable bonds is 5. The van der Waals surface area contributed by atoms with Crippen LogP contribution in [-0.2, 0) is 4.79 Å². The molecule has 0 saturated carbocycles. The number of urea groups is 1. The molecule has 6 heteroatoms. The van der Waals surface area contributed by atoms with Crippen molar-refractivity contribution in [3.8, 4) is 0 Å². The molecule has 2 heterocycles. The highest BCUT2D eigenvalue weighted by molar-refractivity contribution is 5.74. The van der Waals surface area contributed by atoms with Gasteiger partial charge in [-0.25, -0.2) is 4.79 Å². The van der Waals surface area contributed by atoms with Gasteiger partial charge in [0.2, 0.25) is 0 Å². The number of fused-ring (bicyclic) bond motifs is 1. The van der Waals surface area contributed by atoms with Crippen LogP contribution in [0.2, 0.25) is 0 Å². The third-order valence-electron chi connectivity index (χ3n) is 4.46. The third-order valence-corrected chi connectivity index (χ3v) is 4.46. The van der Waals surface area contributed by atoms with Gasteiger partial charge in [-0.15, -0.1) is 0 Å². The fraction of sp³-hybridized carbons (Fsp3) is 0.857. The fourth-order valence-electron chi connectivity index (χ4n) is 3.16. The lowest BCUT2D eigenvalue weighted by atomic mass is 9.99. The molecule has 0 aromatic rings. The maximum atomic E-state index is 11.8. The molecule has 0 radical (unpaired) electrons. The van der Waals surface area contributed by atoms with Crippen molar-refractivity contribution < 1.29 is 14.7 Å². The Morgan fingerprint density at radius 1 is 1.30 bits per heavy atom. The van der Waals surface area contributed by atoms with Crippen molar-refractivity contribution in [3.63, 3.8) is 0 Å². The molecular formula is C14H25N3O3. The quantitative estimate of drug-likeness (QED) is 0.703. The number of hydrogen-bond donors (Lipinski definition) is 3. The lowest BCUT2D eigenvalue weighted by Crippen LogP contribution is -2.49. The van der Waals surface area contributed by atoms with Gasteiger partial charge >= 0.3 is 12.0 Å². The zero-order chi connectivity index (χ0) is 14.5. The molecule has 0 aromatic heterocycles. The van der Waals surface area contributed by atoms with Gasteiger partial charge in [-0.3, -0.25) is 9.69 Å². The molecule has 3 atom stereocenters. The van der Waals surface area contributed by atoms with E-state index in [0.29, 0.717) is 19.0 Å². The average molecular weight is 283 g/mol. The van der Waals surface area contributed by atoms with Crippen LogP contribution >= 0.6 is 0 Å². The lowest BCUT2D eigenvalue weighted by molar-refractivity contribution is -0.141. The number of nitrogens with one attached hydrogen (secondary N) is 2. The standard InChI is InChI=1S/C14H25N3O3/c1-10(13(18)19)5-7-15-14(20)16-11-6-9-17-8-3-2-4-12(11)17/h10-12H,2-9H2,1H3,(H,18,19)(H2,15,16,20). The van der Waals surface area contributed by atoms with E-state index in [1.54, 1.807) is 6.92 Å². The molecule has 0 spiro atoms. The number of amides is 2.